The summed E-state index contributed by atoms with van der Waals surface area (Å²) in [5.41, 5.74) is 2.74. The normalized spacial score (nSPS) is 15.2. The molecule has 17 heavy (non-hydrogen) atoms. The fourth-order valence-electron chi connectivity index (χ4n) is 2.24. The second-order valence-corrected chi connectivity index (χ2v) is 6.17. The first-order valence-corrected chi connectivity index (χ1v) is 6.81. The van der Waals surface area contributed by atoms with Crippen molar-refractivity contribution in [3.8, 4) is 0 Å². The van der Waals surface area contributed by atoms with Crippen molar-refractivity contribution in [3.63, 3.8) is 0 Å². The lowest BCUT2D eigenvalue weighted by Gasteiger charge is -2.13. The smallest absolute Gasteiger partial charge is 0.0561 e. The van der Waals surface area contributed by atoms with Crippen LogP contribution in [0.15, 0.2) is 24.5 Å². The molecule has 0 amide bonds. The zero-order valence-corrected chi connectivity index (χ0v) is 11.2. The van der Waals surface area contributed by atoms with E-state index in [-0.39, 0.29) is 0 Å². The number of aryl methyl sites for hydroxylation is 1. The van der Waals surface area contributed by atoms with Crippen LogP contribution in [0.2, 0.25) is 5.02 Å². The SMILES string of the molecule is Cc1cc(Cl)c(CN2Cc3ccncc3C2)s1. The summed E-state index contributed by atoms with van der Waals surface area (Å²) in [5, 5.41) is 0.904. The molecule has 1 aliphatic rings. The molecule has 0 bridgehead atoms. The zero-order valence-electron chi connectivity index (χ0n) is 9.61. The fraction of sp³-hybridized carbons (Fsp3) is 0.308. The van der Waals surface area contributed by atoms with Gasteiger partial charge in [-0.15, -0.1) is 11.3 Å². The van der Waals surface area contributed by atoms with Gasteiger partial charge < -0.3 is 0 Å². The molecule has 2 aromatic heterocycles. The first-order chi connectivity index (χ1) is 8.22. The third-order valence-corrected chi connectivity index (χ3v) is 4.52. The van der Waals surface area contributed by atoms with Gasteiger partial charge in [0.15, 0.2) is 0 Å². The fourth-order valence-corrected chi connectivity index (χ4v) is 3.62. The van der Waals surface area contributed by atoms with Crippen LogP contribution in [0, 0.1) is 6.92 Å². The molecule has 4 heteroatoms. The average molecular weight is 265 g/mol. The lowest BCUT2D eigenvalue weighted by molar-refractivity contribution is 0.278. The number of hydrogen-bond donors (Lipinski definition) is 0. The molecule has 1 aliphatic heterocycles. The summed E-state index contributed by atoms with van der Waals surface area (Å²) in [6.07, 6.45) is 3.83. The van der Waals surface area contributed by atoms with E-state index in [2.05, 4.69) is 22.9 Å². The molecule has 0 aromatic carbocycles. The minimum absolute atomic E-state index is 0.904. The first kappa shape index (κ1) is 11.2. The quantitative estimate of drug-likeness (QED) is 0.824. The molecular weight excluding hydrogens is 252 g/mol. The molecule has 0 radical (unpaired) electrons. The number of pyridine rings is 1. The number of hydrogen-bond acceptors (Lipinski definition) is 3. The van der Waals surface area contributed by atoms with E-state index in [1.807, 2.05) is 18.5 Å². The van der Waals surface area contributed by atoms with Gasteiger partial charge in [0, 0.05) is 41.8 Å². The minimum Gasteiger partial charge on any atom is -0.290 e. The van der Waals surface area contributed by atoms with Crippen molar-refractivity contribution < 1.29 is 0 Å². The summed E-state index contributed by atoms with van der Waals surface area (Å²) in [5.74, 6) is 0. The lowest BCUT2D eigenvalue weighted by Crippen LogP contribution is -2.14. The maximum Gasteiger partial charge on any atom is 0.0561 e. The highest BCUT2D eigenvalue weighted by atomic mass is 35.5. The van der Waals surface area contributed by atoms with Crippen LogP contribution in [0.4, 0.5) is 0 Å². The van der Waals surface area contributed by atoms with Crippen LogP contribution in [0.25, 0.3) is 0 Å². The highest BCUT2D eigenvalue weighted by Crippen LogP contribution is 2.30. The van der Waals surface area contributed by atoms with Gasteiger partial charge in [-0.25, -0.2) is 0 Å². The number of halogens is 1. The average Bonchev–Trinajstić information content (AvgIpc) is 2.82. The largest absolute Gasteiger partial charge is 0.290 e. The molecular formula is C13H13ClN2S. The van der Waals surface area contributed by atoms with Crippen LogP contribution in [0.1, 0.15) is 20.9 Å². The molecule has 3 heterocycles. The standard InChI is InChI=1S/C13H13ClN2S/c1-9-4-12(14)13(17-9)8-16-6-10-2-3-15-5-11(10)7-16/h2-5H,6-8H2,1H3. The Hall–Kier alpha value is -0.900. The van der Waals surface area contributed by atoms with Gasteiger partial charge in [0.2, 0.25) is 0 Å². The Kier molecular flexibility index (Phi) is 2.90. The van der Waals surface area contributed by atoms with Gasteiger partial charge in [0.05, 0.1) is 5.02 Å². The molecule has 0 atom stereocenters. The van der Waals surface area contributed by atoms with Crippen molar-refractivity contribution >= 4 is 22.9 Å². The zero-order chi connectivity index (χ0) is 11.8. The van der Waals surface area contributed by atoms with Gasteiger partial charge in [-0.3, -0.25) is 9.88 Å². The van der Waals surface area contributed by atoms with Gasteiger partial charge in [-0.05, 0) is 30.2 Å². The maximum atomic E-state index is 6.21. The Morgan fingerprint density at radius 1 is 1.41 bits per heavy atom. The molecule has 0 saturated carbocycles. The van der Waals surface area contributed by atoms with Crippen LogP contribution in [0.5, 0.6) is 0 Å². The van der Waals surface area contributed by atoms with E-state index in [1.165, 1.54) is 20.9 Å². The van der Waals surface area contributed by atoms with Crippen molar-refractivity contribution in [2.45, 2.75) is 26.6 Å². The third-order valence-electron chi connectivity index (χ3n) is 3.04. The van der Waals surface area contributed by atoms with Crippen molar-refractivity contribution in [2.24, 2.45) is 0 Å². The Morgan fingerprint density at radius 2 is 2.24 bits per heavy atom. The number of fused-ring (bicyclic) bond motifs is 1. The second kappa shape index (κ2) is 4.41. The summed E-state index contributed by atoms with van der Waals surface area (Å²) in [6, 6.07) is 4.16. The van der Waals surface area contributed by atoms with E-state index < -0.39 is 0 Å². The Morgan fingerprint density at radius 3 is 2.94 bits per heavy atom. The van der Waals surface area contributed by atoms with E-state index in [0.717, 1.165) is 24.7 Å². The van der Waals surface area contributed by atoms with Crippen molar-refractivity contribution in [2.75, 3.05) is 0 Å². The highest BCUT2D eigenvalue weighted by Gasteiger charge is 2.20. The highest BCUT2D eigenvalue weighted by molar-refractivity contribution is 7.12. The van der Waals surface area contributed by atoms with Crippen molar-refractivity contribution in [3.05, 3.63) is 50.4 Å². The predicted molar refractivity (Wildman–Crippen MR) is 71.3 cm³/mol. The predicted octanol–water partition coefficient (Wildman–Crippen LogP) is 3.62. The van der Waals surface area contributed by atoms with Gasteiger partial charge in [-0.2, -0.15) is 0 Å². The van der Waals surface area contributed by atoms with Crippen LogP contribution in [0.3, 0.4) is 0 Å². The second-order valence-electron chi connectivity index (χ2n) is 4.42. The lowest BCUT2D eigenvalue weighted by atomic mass is 10.2. The topological polar surface area (TPSA) is 16.1 Å². The molecule has 0 saturated heterocycles. The summed E-state index contributed by atoms with van der Waals surface area (Å²) in [7, 11) is 0. The number of aromatic nitrogens is 1. The van der Waals surface area contributed by atoms with Gasteiger partial charge in [0.1, 0.15) is 0 Å². The summed E-state index contributed by atoms with van der Waals surface area (Å²) in [6.45, 7) is 5.02. The first-order valence-electron chi connectivity index (χ1n) is 5.61. The van der Waals surface area contributed by atoms with Gasteiger partial charge >= 0.3 is 0 Å². The number of rotatable bonds is 2. The van der Waals surface area contributed by atoms with Crippen molar-refractivity contribution in [1.82, 2.24) is 9.88 Å². The van der Waals surface area contributed by atoms with E-state index in [9.17, 15) is 0 Å². The summed E-state index contributed by atoms with van der Waals surface area (Å²) in [4.78, 5) is 9.12. The molecule has 2 aromatic rings. The van der Waals surface area contributed by atoms with Crippen LogP contribution >= 0.6 is 22.9 Å². The Bertz CT molecular complexity index is 525. The minimum atomic E-state index is 0.904. The van der Waals surface area contributed by atoms with E-state index >= 15 is 0 Å². The summed E-state index contributed by atoms with van der Waals surface area (Å²) >= 11 is 8.00. The molecule has 0 unspecified atom stereocenters. The Labute approximate surface area is 110 Å². The van der Waals surface area contributed by atoms with Gasteiger partial charge in [0.25, 0.3) is 0 Å². The molecule has 2 nitrogen and oxygen atoms in total. The maximum absolute atomic E-state index is 6.21. The molecule has 0 aliphatic carbocycles. The molecule has 88 valence electrons. The Balaban J connectivity index is 1.76. The van der Waals surface area contributed by atoms with Crippen LogP contribution in [-0.4, -0.2) is 9.88 Å². The third kappa shape index (κ3) is 2.23. The van der Waals surface area contributed by atoms with E-state index in [1.54, 1.807) is 11.3 Å². The monoisotopic (exact) mass is 264 g/mol. The van der Waals surface area contributed by atoms with Crippen molar-refractivity contribution in [1.29, 1.82) is 0 Å². The summed E-state index contributed by atoms with van der Waals surface area (Å²) < 4.78 is 0. The van der Waals surface area contributed by atoms with Gasteiger partial charge in [-0.1, -0.05) is 11.6 Å². The van der Waals surface area contributed by atoms with E-state index in [4.69, 9.17) is 11.6 Å². The molecule has 3 rings (SSSR count). The van der Waals surface area contributed by atoms with Crippen LogP contribution < -0.4 is 0 Å². The molecule has 0 spiro atoms. The number of thiophene rings is 1. The van der Waals surface area contributed by atoms with E-state index in [0.29, 0.717) is 0 Å². The number of nitrogens with zero attached hydrogens (tertiary/aromatic N) is 2. The molecule has 0 N–H and O–H groups in total. The van der Waals surface area contributed by atoms with Crippen LogP contribution in [-0.2, 0) is 19.6 Å². The molecule has 0 fully saturated rings.